The van der Waals surface area contributed by atoms with Crippen molar-refractivity contribution in [3.05, 3.63) is 100 Å². The highest BCUT2D eigenvalue weighted by atomic mass is 35.5. The van der Waals surface area contributed by atoms with Gasteiger partial charge in [-0.15, -0.1) is 0 Å². The van der Waals surface area contributed by atoms with Crippen LogP contribution in [0.25, 0.3) is 5.76 Å². The van der Waals surface area contributed by atoms with E-state index in [0.29, 0.717) is 5.02 Å². The summed E-state index contributed by atoms with van der Waals surface area (Å²) < 4.78 is 14.7. The Kier molecular flexibility index (Phi) is 4.86. The molecular formula is C22H14ClFN2O3. The average Bonchev–Trinajstić information content (AvgIpc) is 3.00. The average molecular weight is 409 g/mol. The fourth-order valence-corrected chi connectivity index (χ4v) is 3.45. The van der Waals surface area contributed by atoms with Crippen LogP contribution in [0, 0.1) is 5.82 Å². The van der Waals surface area contributed by atoms with Crippen molar-refractivity contribution in [1.29, 1.82) is 0 Å². The van der Waals surface area contributed by atoms with E-state index in [0.717, 1.165) is 4.90 Å². The number of ketones is 1. The van der Waals surface area contributed by atoms with Crippen molar-refractivity contribution in [3.8, 4) is 0 Å². The number of aliphatic hydroxyl groups excluding tert-OH is 1. The Balaban J connectivity index is 1.97. The van der Waals surface area contributed by atoms with Crippen molar-refractivity contribution in [2.45, 2.75) is 6.04 Å². The van der Waals surface area contributed by atoms with Gasteiger partial charge >= 0.3 is 5.91 Å². The monoisotopic (exact) mass is 408 g/mol. The summed E-state index contributed by atoms with van der Waals surface area (Å²) in [6.45, 7) is 0. The van der Waals surface area contributed by atoms with E-state index in [1.54, 1.807) is 36.4 Å². The summed E-state index contributed by atoms with van der Waals surface area (Å²) in [5.41, 5.74) is 0.149. The molecule has 0 spiro atoms. The van der Waals surface area contributed by atoms with Crippen LogP contribution < -0.4 is 4.90 Å². The summed E-state index contributed by atoms with van der Waals surface area (Å²) in [5, 5.41) is 11.3. The molecule has 2 heterocycles. The zero-order valence-electron chi connectivity index (χ0n) is 14.9. The van der Waals surface area contributed by atoms with Crippen LogP contribution in [-0.4, -0.2) is 21.8 Å². The molecule has 0 aliphatic carbocycles. The number of hydrogen-bond donors (Lipinski definition) is 1. The molecule has 7 heteroatoms. The van der Waals surface area contributed by atoms with Crippen LogP contribution >= 0.6 is 11.6 Å². The lowest BCUT2D eigenvalue weighted by Crippen LogP contribution is -2.30. The lowest BCUT2D eigenvalue weighted by Gasteiger charge is -2.24. The van der Waals surface area contributed by atoms with Gasteiger partial charge in [0.2, 0.25) is 0 Å². The Bertz CT molecular complexity index is 1130. The summed E-state index contributed by atoms with van der Waals surface area (Å²) in [6.07, 6.45) is 1.46. The van der Waals surface area contributed by atoms with Crippen molar-refractivity contribution < 1.29 is 19.1 Å². The zero-order valence-corrected chi connectivity index (χ0v) is 15.7. The van der Waals surface area contributed by atoms with Gasteiger partial charge in [-0.05, 0) is 42.5 Å². The highest BCUT2D eigenvalue weighted by Gasteiger charge is 2.48. The molecule has 1 aliphatic heterocycles. The van der Waals surface area contributed by atoms with Gasteiger partial charge in [-0.25, -0.2) is 9.37 Å². The lowest BCUT2D eigenvalue weighted by molar-refractivity contribution is -0.132. The first-order valence-corrected chi connectivity index (χ1v) is 9.09. The standard InChI is InChI=1S/C22H14ClFN2O3/c23-14-10-8-13(9-11-14)20(27)18-19(15-5-1-2-6-16(15)24)26(22(29)21(18)28)17-7-3-4-12-25-17/h1-12,19,27H/b20-18+. The molecule has 0 saturated carbocycles. The lowest BCUT2D eigenvalue weighted by atomic mass is 9.95. The molecule has 29 heavy (non-hydrogen) atoms. The molecule has 144 valence electrons. The van der Waals surface area contributed by atoms with Crippen LogP contribution in [0.2, 0.25) is 5.02 Å². The Hall–Kier alpha value is -3.51. The number of carbonyl (C=O) groups excluding carboxylic acids is 2. The second kappa shape index (κ2) is 7.48. The van der Waals surface area contributed by atoms with E-state index in [4.69, 9.17) is 11.6 Å². The Morgan fingerprint density at radius 1 is 1.00 bits per heavy atom. The van der Waals surface area contributed by atoms with Crippen molar-refractivity contribution >= 4 is 34.9 Å². The van der Waals surface area contributed by atoms with Crippen LogP contribution in [0.1, 0.15) is 17.2 Å². The molecule has 1 saturated heterocycles. The molecule has 0 radical (unpaired) electrons. The van der Waals surface area contributed by atoms with Crippen LogP contribution in [-0.2, 0) is 9.59 Å². The van der Waals surface area contributed by atoms with Gasteiger partial charge in [0.05, 0.1) is 11.6 Å². The molecule has 1 N–H and O–H groups in total. The first-order chi connectivity index (χ1) is 14.0. The number of aromatic nitrogens is 1. The van der Waals surface area contributed by atoms with Crippen LogP contribution in [0.5, 0.6) is 0 Å². The Morgan fingerprint density at radius 3 is 2.34 bits per heavy atom. The smallest absolute Gasteiger partial charge is 0.301 e. The zero-order chi connectivity index (χ0) is 20.5. The quantitative estimate of drug-likeness (QED) is 0.393. The van der Waals surface area contributed by atoms with Gasteiger partial charge in [0, 0.05) is 22.3 Å². The largest absolute Gasteiger partial charge is 0.507 e. The van der Waals surface area contributed by atoms with Gasteiger partial charge in [0.15, 0.2) is 0 Å². The van der Waals surface area contributed by atoms with Crippen LogP contribution in [0.15, 0.2) is 78.5 Å². The molecule has 1 fully saturated rings. The third-order valence-electron chi connectivity index (χ3n) is 4.66. The minimum Gasteiger partial charge on any atom is -0.507 e. The number of halogens is 2. The number of rotatable bonds is 3. The maximum atomic E-state index is 14.7. The molecular weight excluding hydrogens is 395 g/mol. The molecule has 5 nitrogen and oxygen atoms in total. The van der Waals surface area contributed by atoms with E-state index in [1.165, 1.54) is 36.5 Å². The molecule has 0 bridgehead atoms. The van der Waals surface area contributed by atoms with E-state index < -0.39 is 29.3 Å². The van der Waals surface area contributed by atoms with E-state index in [9.17, 15) is 19.1 Å². The molecule has 2 aromatic carbocycles. The van der Waals surface area contributed by atoms with Crippen molar-refractivity contribution in [2.75, 3.05) is 4.90 Å². The topological polar surface area (TPSA) is 70.5 Å². The number of hydrogen-bond acceptors (Lipinski definition) is 4. The van der Waals surface area contributed by atoms with E-state index in [1.807, 2.05) is 0 Å². The van der Waals surface area contributed by atoms with Crippen molar-refractivity contribution in [3.63, 3.8) is 0 Å². The van der Waals surface area contributed by atoms with Gasteiger partial charge in [0.1, 0.15) is 17.4 Å². The number of nitrogens with zero attached hydrogens (tertiary/aromatic N) is 2. The summed E-state index contributed by atoms with van der Waals surface area (Å²) in [7, 11) is 0. The minimum absolute atomic E-state index is 0.0767. The van der Waals surface area contributed by atoms with E-state index in [-0.39, 0.29) is 22.5 Å². The summed E-state index contributed by atoms with van der Waals surface area (Å²) in [6, 6.07) is 15.6. The minimum atomic E-state index is -1.17. The Morgan fingerprint density at radius 2 is 1.69 bits per heavy atom. The second-order valence-corrected chi connectivity index (χ2v) is 6.82. The highest BCUT2D eigenvalue weighted by Crippen LogP contribution is 2.42. The number of aliphatic hydroxyl groups is 1. The molecule has 3 aromatic rings. The van der Waals surface area contributed by atoms with Gasteiger partial charge in [0.25, 0.3) is 5.78 Å². The molecule has 1 amide bonds. The molecule has 4 rings (SSSR count). The summed E-state index contributed by atoms with van der Waals surface area (Å²) in [4.78, 5) is 31.0. The number of carbonyl (C=O) groups is 2. The number of Topliss-reactive ketones (excluding diaryl/α,β-unsaturated/α-hetero) is 1. The third kappa shape index (κ3) is 3.28. The summed E-state index contributed by atoms with van der Waals surface area (Å²) >= 11 is 5.89. The maximum absolute atomic E-state index is 14.7. The summed E-state index contributed by atoms with van der Waals surface area (Å²) in [5.74, 6) is -2.66. The number of amides is 1. The van der Waals surface area contributed by atoms with Crippen molar-refractivity contribution in [1.82, 2.24) is 4.98 Å². The molecule has 1 aromatic heterocycles. The molecule has 1 unspecified atom stereocenters. The van der Waals surface area contributed by atoms with Gasteiger partial charge in [-0.2, -0.15) is 0 Å². The van der Waals surface area contributed by atoms with E-state index in [2.05, 4.69) is 4.98 Å². The molecule has 1 aliphatic rings. The fourth-order valence-electron chi connectivity index (χ4n) is 3.32. The first kappa shape index (κ1) is 18.8. The van der Waals surface area contributed by atoms with E-state index >= 15 is 0 Å². The predicted molar refractivity (Wildman–Crippen MR) is 107 cm³/mol. The van der Waals surface area contributed by atoms with Gasteiger partial charge in [-0.1, -0.05) is 35.9 Å². The normalized spacial score (nSPS) is 18.3. The highest BCUT2D eigenvalue weighted by molar-refractivity contribution is 6.51. The van der Waals surface area contributed by atoms with Gasteiger partial charge in [-0.3, -0.25) is 14.5 Å². The van der Waals surface area contributed by atoms with Crippen molar-refractivity contribution in [2.24, 2.45) is 0 Å². The number of benzene rings is 2. The number of anilines is 1. The molecule has 1 atom stereocenters. The number of pyridine rings is 1. The maximum Gasteiger partial charge on any atom is 0.301 e. The fraction of sp³-hybridized carbons (Fsp3) is 0.0455. The predicted octanol–water partition coefficient (Wildman–Crippen LogP) is 4.50. The van der Waals surface area contributed by atoms with Gasteiger partial charge < -0.3 is 5.11 Å². The second-order valence-electron chi connectivity index (χ2n) is 6.39. The van der Waals surface area contributed by atoms with Crippen LogP contribution in [0.3, 0.4) is 0 Å². The first-order valence-electron chi connectivity index (χ1n) is 8.71. The Labute approximate surface area is 170 Å². The SMILES string of the molecule is O=C1C(=O)N(c2ccccn2)C(c2ccccc2F)/C1=C(\O)c1ccc(Cl)cc1. The van der Waals surface area contributed by atoms with Crippen LogP contribution in [0.4, 0.5) is 10.2 Å². The third-order valence-corrected chi connectivity index (χ3v) is 4.91.